The van der Waals surface area contributed by atoms with Crippen molar-refractivity contribution < 1.29 is 17.1 Å². The molecule has 0 aliphatic heterocycles. The Morgan fingerprint density at radius 3 is 2.07 bits per heavy atom. The molecule has 0 aliphatic carbocycles. The second kappa shape index (κ2) is 7.81. The van der Waals surface area contributed by atoms with Crippen LogP contribution in [0.3, 0.4) is 0 Å². The molecule has 2 aromatic carbocycles. The summed E-state index contributed by atoms with van der Waals surface area (Å²) < 4.78 is 1.12. The second-order valence-corrected chi connectivity index (χ2v) is 3.35. The Morgan fingerprint density at radius 2 is 1.86 bits per heavy atom. The van der Waals surface area contributed by atoms with Crippen LogP contribution in [0.5, 0.6) is 0 Å². The van der Waals surface area contributed by atoms with E-state index in [1.54, 1.807) is 0 Å². The molecule has 0 aliphatic rings. The Hall–Kier alpha value is -0.561. The van der Waals surface area contributed by atoms with Gasteiger partial charge in [0.15, 0.2) is 0 Å². The van der Waals surface area contributed by atoms with Crippen molar-refractivity contribution in [1.82, 2.24) is 0 Å². The third-order valence-electron chi connectivity index (χ3n) is 1.57. The van der Waals surface area contributed by atoms with Gasteiger partial charge in [-0.15, -0.1) is 40.2 Å². The van der Waals surface area contributed by atoms with Gasteiger partial charge in [0.1, 0.15) is 0 Å². The number of rotatable bonds is 1. The molecule has 2 aromatic rings. The molecule has 0 bridgehead atoms. The molecule has 0 heterocycles. The van der Waals surface area contributed by atoms with E-state index in [1.807, 2.05) is 54.6 Å². The van der Waals surface area contributed by atoms with Gasteiger partial charge in [0.2, 0.25) is 0 Å². The monoisotopic (exact) mass is 290 g/mol. The van der Waals surface area contributed by atoms with E-state index in [-0.39, 0.29) is 17.1 Å². The minimum Gasteiger partial charge on any atom is -0.214 e. The van der Waals surface area contributed by atoms with Crippen LogP contribution in [0.4, 0.5) is 0 Å². The number of hydrogen-bond acceptors (Lipinski definition) is 0. The van der Waals surface area contributed by atoms with Crippen molar-refractivity contribution in [2.45, 2.75) is 0 Å². The van der Waals surface area contributed by atoms with Gasteiger partial charge in [-0.2, -0.15) is 30.3 Å². The summed E-state index contributed by atoms with van der Waals surface area (Å²) >= 11 is 3.36. The van der Waals surface area contributed by atoms with E-state index >= 15 is 0 Å². The fraction of sp³-hybridized carbons (Fsp3) is 0. The summed E-state index contributed by atoms with van der Waals surface area (Å²) in [6.45, 7) is 3.63. The Labute approximate surface area is 104 Å². The fourth-order valence-electron chi connectivity index (χ4n) is 0.898. The molecule has 0 fully saturated rings. The molecule has 0 spiro atoms. The molecule has 0 N–H and O–H groups in total. The van der Waals surface area contributed by atoms with Crippen molar-refractivity contribution in [3.63, 3.8) is 0 Å². The van der Waals surface area contributed by atoms with Crippen LogP contribution in [0.15, 0.2) is 59.6 Å². The van der Waals surface area contributed by atoms with Gasteiger partial charge >= 0.3 is 17.1 Å². The van der Waals surface area contributed by atoms with Gasteiger partial charge in [-0.25, -0.2) is 12.1 Å². The summed E-state index contributed by atoms with van der Waals surface area (Å²) in [5.41, 5.74) is 1.16. The Morgan fingerprint density at radius 1 is 1.21 bits per heavy atom. The minimum absolute atomic E-state index is 0. The molecular weight excluding hydrogens is 280 g/mol. The first kappa shape index (κ1) is 13.4. The number of halogens is 1. The van der Waals surface area contributed by atoms with Gasteiger partial charge in [-0.05, 0) is 0 Å². The zero-order valence-electron chi connectivity index (χ0n) is 7.63. The SMILES string of the molecule is C=Cc1[cH-]ccc1Br.[Fe+2].c1cc[cH-]c1. The quantitative estimate of drug-likeness (QED) is 0.545. The predicted octanol–water partition coefficient (Wildman–Crippen LogP) is 4.21. The Balaban J connectivity index is 0.000000246. The van der Waals surface area contributed by atoms with E-state index < -0.39 is 0 Å². The zero-order valence-corrected chi connectivity index (χ0v) is 10.3. The molecule has 74 valence electrons. The molecule has 0 unspecified atom stereocenters. The Bertz CT molecular complexity index is 316. The fourth-order valence-corrected chi connectivity index (χ4v) is 1.35. The largest absolute Gasteiger partial charge is 2.00 e. The van der Waals surface area contributed by atoms with Crippen LogP contribution in [-0.4, -0.2) is 0 Å². The van der Waals surface area contributed by atoms with Crippen molar-refractivity contribution in [2.24, 2.45) is 0 Å². The molecule has 0 aromatic heterocycles. The van der Waals surface area contributed by atoms with Crippen LogP contribution in [0, 0.1) is 0 Å². The third-order valence-corrected chi connectivity index (χ3v) is 2.29. The normalized spacial score (nSPS) is 8.07. The van der Waals surface area contributed by atoms with Crippen molar-refractivity contribution in [2.75, 3.05) is 0 Å². The third kappa shape index (κ3) is 4.61. The summed E-state index contributed by atoms with van der Waals surface area (Å²) in [7, 11) is 0. The average Bonchev–Trinajstić information content (AvgIpc) is 2.76. The zero-order chi connectivity index (χ0) is 9.52. The smallest absolute Gasteiger partial charge is 0.214 e. The molecule has 0 nitrogen and oxygen atoms in total. The molecule has 14 heavy (non-hydrogen) atoms. The summed E-state index contributed by atoms with van der Waals surface area (Å²) in [6.07, 6.45) is 1.82. The minimum atomic E-state index is 0. The first-order valence-electron chi connectivity index (χ1n) is 4.05. The van der Waals surface area contributed by atoms with Gasteiger partial charge in [-0.1, -0.05) is 4.47 Å². The number of hydrogen-bond donors (Lipinski definition) is 0. The van der Waals surface area contributed by atoms with Crippen LogP contribution >= 0.6 is 15.9 Å². The van der Waals surface area contributed by atoms with E-state index in [4.69, 9.17) is 0 Å². The van der Waals surface area contributed by atoms with Crippen molar-refractivity contribution in [3.05, 3.63) is 65.1 Å². The molecule has 2 heteroatoms. The van der Waals surface area contributed by atoms with E-state index in [9.17, 15) is 0 Å². The van der Waals surface area contributed by atoms with Gasteiger partial charge in [0.05, 0.1) is 0 Å². The van der Waals surface area contributed by atoms with Crippen LogP contribution in [-0.2, 0) is 17.1 Å². The van der Waals surface area contributed by atoms with Gasteiger partial charge in [0.25, 0.3) is 0 Å². The first-order chi connectivity index (χ1) is 6.34. The summed E-state index contributed by atoms with van der Waals surface area (Å²) in [4.78, 5) is 0. The standard InChI is InChI=1S/C7H6Br.C5H5.Fe/c1-2-6-4-3-5-7(6)8;1-2-4-5-3-1;/h2-5H,1H2;1-5H;/q2*-1;+2. The van der Waals surface area contributed by atoms with Crippen LogP contribution < -0.4 is 0 Å². The summed E-state index contributed by atoms with van der Waals surface area (Å²) in [6, 6.07) is 16.0. The molecular formula is C12H11BrFe. The second-order valence-electron chi connectivity index (χ2n) is 2.50. The van der Waals surface area contributed by atoms with Crippen molar-refractivity contribution in [3.8, 4) is 0 Å². The van der Waals surface area contributed by atoms with E-state index in [0.29, 0.717) is 0 Å². The van der Waals surface area contributed by atoms with Crippen LogP contribution in [0.25, 0.3) is 6.08 Å². The van der Waals surface area contributed by atoms with E-state index in [1.165, 1.54) is 0 Å². The molecule has 0 saturated carbocycles. The Kier molecular flexibility index (Phi) is 7.49. The molecule has 0 radical (unpaired) electrons. The summed E-state index contributed by atoms with van der Waals surface area (Å²) in [5, 5.41) is 0. The topological polar surface area (TPSA) is 0 Å². The molecule has 0 atom stereocenters. The molecule has 2 rings (SSSR count). The van der Waals surface area contributed by atoms with E-state index in [0.717, 1.165) is 10.0 Å². The van der Waals surface area contributed by atoms with Gasteiger partial charge in [0, 0.05) is 0 Å². The van der Waals surface area contributed by atoms with Gasteiger partial charge < -0.3 is 0 Å². The molecule has 0 saturated heterocycles. The maximum atomic E-state index is 3.63. The van der Waals surface area contributed by atoms with E-state index in [2.05, 4.69) is 22.5 Å². The maximum absolute atomic E-state index is 3.63. The predicted molar refractivity (Wildman–Crippen MR) is 61.9 cm³/mol. The van der Waals surface area contributed by atoms with Crippen molar-refractivity contribution >= 4 is 22.0 Å². The maximum Gasteiger partial charge on any atom is 2.00 e. The van der Waals surface area contributed by atoms with Gasteiger partial charge in [-0.3, -0.25) is 0 Å². The van der Waals surface area contributed by atoms with Crippen LogP contribution in [0.2, 0.25) is 0 Å². The molecule has 0 amide bonds. The van der Waals surface area contributed by atoms with Crippen LogP contribution in [0.1, 0.15) is 5.56 Å². The first-order valence-corrected chi connectivity index (χ1v) is 4.84. The van der Waals surface area contributed by atoms with Crippen molar-refractivity contribution in [1.29, 1.82) is 0 Å². The average molecular weight is 291 g/mol. The summed E-state index contributed by atoms with van der Waals surface area (Å²) in [5.74, 6) is 0.